The van der Waals surface area contributed by atoms with Crippen molar-refractivity contribution in [1.29, 1.82) is 0 Å². The number of aliphatic imine (C=N–C) groups is 1. The predicted octanol–water partition coefficient (Wildman–Crippen LogP) is 3.49. The standard InChI is InChI=1S/C11H15BrClN3/c1-7(2)6-15-11(14)16-9-5-3-4-8(13)10(9)12/h3-5,7H,6H2,1-2H3,(H3,14,15,16). The Hall–Kier alpha value is -0.740. The molecule has 0 saturated carbocycles. The number of nitrogens with one attached hydrogen (secondary N) is 1. The first-order valence-electron chi connectivity index (χ1n) is 5.01. The second kappa shape index (κ2) is 6.11. The summed E-state index contributed by atoms with van der Waals surface area (Å²) in [6, 6.07) is 5.54. The van der Waals surface area contributed by atoms with Crippen molar-refractivity contribution in [2.45, 2.75) is 13.8 Å². The van der Waals surface area contributed by atoms with Gasteiger partial charge in [-0.2, -0.15) is 0 Å². The van der Waals surface area contributed by atoms with Crippen molar-refractivity contribution in [3.8, 4) is 0 Å². The molecule has 1 aromatic carbocycles. The molecule has 0 radical (unpaired) electrons. The van der Waals surface area contributed by atoms with Gasteiger partial charge in [-0.3, -0.25) is 4.99 Å². The maximum Gasteiger partial charge on any atom is 0.193 e. The van der Waals surface area contributed by atoms with Crippen LogP contribution in [0, 0.1) is 5.92 Å². The fourth-order valence-corrected chi connectivity index (χ4v) is 1.60. The minimum atomic E-state index is 0.400. The molecule has 0 atom stereocenters. The molecule has 88 valence electrons. The lowest BCUT2D eigenvalue weighted by Gasteiger charge is -2.09. The summed E-state index contributed by atoms with van der Waals surface area (Å²) in [5.74, 6) is 0.889. The van der Waals surface area contributed by atoms with Crippen molar-refractivity contribution >= 4 is 39.2 Å². The van der Waals surface area contributed by atoms with Gasteiger partial charge in [-0.1, -0.05) is 31.5 Å². The SMILES string of the molecule is CC(C)CN=C(N)Nc1cccc(Cl)c1Br. The van der Waals surface area contributed by atoms with Gasteiger partial charge in [-0.25, -0.2) is 0 Å². The van der Waals surface area contributed by atoms with Crippen LogP contribution in [-0.2, 0) is 0 Å². The molecule has 1 aromatic rings. The normalized spacial score (nSPS) is 11.9. The minimum absolute atomic E-state index is 0.400. The zero-order valence-electron chi connectivity index (χ0n) is 9.30. The van der Waals surface area contributed by atoms with Gasteiger partial charge < -0.3 is 11.1 Å². The van der Waals surface area contributed by atoms with E-state index < -0.39 is 0 Å². The van der Waals surface area contributed by atoms with Crippen molar-refractivity contribution in [1.82, 2.24) is 0 Å². The zero-order valence-corrected chi connectivity index (χ0v) is 11.6. The average molecular weight is 305 g/mol. The number of hydrogen-bond acceptors (Lipinski definition) is 1. The van der Waals surface area contributed by atoms with Crippen LogP contribution in [0.3, 0.4) is 0 Å². The molecule has 0 spiro atoms. The summed E-state index contributed by atoms with van der Waals surface area (Å²) >= 11 is 9.34. The predicted molar refractivity (Wildman–Crippen MR) is 74.1 cm³/mol. The molecule has 0 amide bonds. The molecule has 0 fully saturated rings. The van der Waals surface area contributed by atoms with Crippen molar-refractivity contribution in [2.75, 3.05) is 11.9 Å². The highest BCUT2D eigenvalue weighted by Gasteiger charge is 2.04. The smallest absolute Gasteiger partial charge is 0.193 e. The van der Waals surface area contributed by atoms with E-state index in [1.54, 1.807) is 6.07 Å². The Labute approximate surface area is 109 Å². The minimum Gasteiger partial charge on any atom is -0.370 e. The Kier molecular flexibility index (Phi) is 5.09. The highest BCUT2D eigenvalue weighted by molar-refractivity contribution is 9.10. The topological polar surface area (TPSA) is 50.4 Å². The largest absolute Gasteiger partial charge is 0.370 e. The van der Waals surface area contributed by atoms with E-state index in [1.807, 2.05) is 12.1 Å². The number of halogens is 2. The van der Waals surface area contributed by atoms with E-state index >= 15 is 0 Å². The second-order valence-corrected chi connectivity index (χ2v) is 5.05. The number of hydrogen-bond donors (Lipinski definition) is 2. The van der Waals surface area contributed by atoms with Gasteiger partial charge in [0, 0.05) is 6.54 Å². The van der Waals surface area contributed by atoms with Crippen molar-refractivity contribution in [2.24, 2.45) is 16.6 Å². The van der Waals surface area contributed by atoms with Crippen LogP contribution >= 0.6 is 27.5 Å². The molecule has 0 aliphatic carbocycles. The van der Waals surface area contributed by atoms with Crippen LogP contribution in [-0.4, -0.2) is 12.5 Å². The average Bonchev–Trinajstić information content (AvgIpc) is 2.22. The van der Waals surface area contributed by atoms with Gasteiger partial charge >= 0.3 is 0 Å². The van der Waals surface area contributed by atoms with Crippen LogP contribution in [0.1, 0.15) is 13.8 Å². The van der Waals surface area contributed by atoms with E-state index in [2.05, 4.69) is 40.1 Å². The lowest BCUT2D eigenvalue weighted by Crippen LogP contribution is -2.23. The van der Waals surface area contributed by atoms with E-state index in [0.717, 1.165) is 10.2 Å². The van der Waals surface area contributed by atoms with Crippen LogP contribution in [0.5, 0.6) is 0 Å². The Morgan fingerprint density at radius 1 is 1.56 bits per heavy atom. The summed E-state index contributed by atoms with van der Waals surface area (Å²) in [6.45, 7) is 4.88. The van der Waals surface area contributed by atoms with Gasteiger partial charge in [0.05, 0.1) is 15.2 Å². The highest BCUT2D eigenvalue weighted by atomic mass is 79.9. The molecule has 0 unspecified atom stereocenters. The number of nitrogens with two attached hydrogens (primary N) is 1. The molecule has 0 aromatic heterocycles. The molecule has 0 aliphatic rings. The van der Waals surface area contributed by atoms with Crippen LogP contribution in [0.15, 0.2) is 27.7 Å². The fraction of sp³-hybridized carbons (Fsp3) is 0.364. The molecule has 1 rings (SSSR count). The Morgan fingerprint density at radius 2 is 2.25 bits per heavy atom. The lowest BCUT2D eigenvalue weighted by molar-refractivity contribution is 0.665. The van der Waals surface area contributed by atoms with Gasteiger partial charge in [0.2, 0.25) is 0 Å². The molecule has 3 nitrogen and oxygen atoms in total. The van der Waals surface area contributed by atoms with E-state index in [9.17, 15) is 0 Å². The van der Waals surface area contributed by atoms with E-state index in [4.69, 9.17) is 17.3 Å². The third-order valence-corrected chi connectivity index (χ3v) is 3.24. The van der Waals surface area contributed by atoms with Gasteiger partial charge in [0.25, 0.3) is 0 Å². The van der Waals surface area contributed by atoms with Gasteiger partial charge in [0.1, 0.15) is 0 Å². The zero-order chi connectivity index (χ0) is 12.1. The van der Waals surface area contributed by atoms with E-state index in [0.29, 0.717) is 23.4 Å². The van der Waals surface area contributed by atoms with Crippen LogP contribution in [0.25, 0.3) is 0 Å². The van der Waals surface area contributed by atoms with Crippen LogP contribution in [0.4, 0.5) is 5.69 Å². The monoisotopic (exact) mass is 303 g/mol. The van der Waals surface area contributed by atoms with Crippen molar-refractivity contribution in [3.63, 3.8) is 0 Å². The highest BCUT2D eigenvalue weighted by Crippen LogP contribution is 2.29. The summed E-state index contributed by atoms with van der Waals surface area (Å²) in [5, 5.41) is 3.64. The quantitative estimate of drug-likeness (QED) is 0.663. The summed E-state index contributed by atoms with van der Waals surface area (Å²) in [4.78, 5) is 4.21. The number of benzene rings is 1. The Bertz CT molecular complexity index is 391. The summed E-state index contributed by atoms with van der Waals surface area (Å²) in [5.41, 5.74) is 6.57. The van der Waals surface area contributed by atoms with Crippen molar-refractivity contribution < 1.29 is 0 Å². The van der Waals surface area contributed by atoms with Crippen LogP contribution < -0.4 is 11.1 Å². The summed E-state index contributed by atoms with van der Waals surface area (Å²) < 4.78 is 0.791. The van der Waals surface area contributed by atoms with E-state index in [1.165, 1.54) is 0 Å². The van der Waals surface area contributed by atoms with Gasteiger partial charge in [-0.05, 0) is 34.0 Å². The molecule has 0 aliphatic heterocycles. The van der Waals surface area contributed by atoms with E-state index in [-0.39, 0.29) is 0 Å². The Morgan fingerprint density at radius 3 is 2.88 bits per heavy atom. The van der Waals surface area contributed by atoms with Crippen LogP contribution in [0.2, 0.25) is 5.02 Å². The molecular formula is C11H15BrClN3. The maximum absolute atomic E-state index is 5.96. The van der Waals surface area contributed by atoms with Gasteiger partial charge in [0.15, 0.2) is 5.96 Å². The third-order valence-electron chi connectivity index (χ3n) is 1.84. The second-order valence-electron chi connectivity index (χ2n) is 3.85. The third kappa shape index (κ3) is 4.02. The Balaban J connectivity index is 2.73. The summed E-state index contributed by atoms with van der Waals surface area (Å²) in [7, 11) is 0. The fourth-order valence-electron chi connectivity index (χ4n) is 1.06. The lowest BCUT2D eigenvalue weighted by atomic mass is 10.2. The number of rotatable bonds is 3. The number of nitrogens with zero attached hydrogens (tertiary/aromatic N) is 1. The molecule has 0 bridgehead atoms. The maximum atomic E-state index is 5.96. The molecule has 3 N–H and O–H groups in total. The molecule has 0 heterocycles. The van der Waals surface area contributed by atoms with Gasteiger partial charge in [-0.15, -0.1) is 0 Å². The number of anilines is 1. The van der Waals surface area contributed by atoms with Crippen molar-refractivity contribution in [3.05, 3.63) is 27.7 Å². The first-order chi connectivity index (χ1) is 7.50. The number of guanidine groups is 1. The molecule has 0 saturated heterocycles. The molecule has 5 heteroatoms. The first-order valence-corrected chi connectivity index (χ1v) is 6.18. The summed E-state index contributed by atoms with van der Waals surface area (Å²) in [6.07, 6.45) is 0. The molecular weight excluding hydrogens is 289 g/mol. The molecule has 16 heavy (non-hydrogen) atoms. The first kappa shape index (κ1) is 13.3.